The van der Waals surface area contributed by atoms with Crippen LogP contribution in [0.25, 0.3) is 10.9 Å². The zero-order valence-corrected chi connectivity index (χ0v) is 11.5. The second-order valence-corrected chi connectivity index (χ2v) is 6.64. The standard InChI is InChI=1S/C15H17NOS/c1-10-3-4-12-7-13(5-6-14(12)16-10)15(17)8-11(2)18-9-15/h3-7,11,17H,8-9H2,1-2H3. The molecule has 2 heterocycles. The molecule has 18 heavy (non-hydrogen) atoms. The minimum atomic E-state index is -0.664. The van der Waals surface area contributed by atoms with Gasteiger partial charge in [-0.25, -0.2) is 0 Å². The lowest BCUT2D eigenvalue weighted by Gasteiger charge is -2.22. The van der Waals surface area contributed by atoms with Gasteiger partial charge in [0.15, 0.2) is 0 Å². The quantitative estimate of drug-likeness (QED) is 0.853. The first-order chi connectivity index (χ1) is 8.57. The summed E-state index contributed by atoms with van der Waals surface area (Å²) < 4.78 is 0. The Balaban J connectivity index is 2.06. The van der Waals surface area contributed by atoms with Gasteiger partial charge in [0.1, 0.15) is 0 Å². The SMILES string of the molecule is Cc1ccc2cc(C3(O)CSC(C)C3)ccc2n1. The highest BCUT2D eigenvalue weighted by Crippen LogP contribution is 2.41. The molecule has 1 N–H and O–H groups in total. The van der Waals surface area contributed by atoms with Crippen molar-refractivity contribution in [2.45, 2.75) is 31.1 Å². The van der Waals surface area contributed by atoms with Gasteiger partial charge in [0.2, 0.25) is 0 Å². The molecule has 1 aliphatic rings. The Hall–Kier alpha value is -1.06. The van der Waals surface area contributed by atoms with Crippen molar-refractivity contribution in [1.29, 1.82) is 0 Å². The van der Waals surface area contributed by atoms with E-state index in [0.29, 0.717) is 5.25 Å². The molecule has 0 bridgehead atoms. The van der Waals surface area contributed by atoms with Gasteiger partial charge in [0, 0.05) is 22.1 Å². The van der Waals surface area contributed by atoms with Crippen LogP contribution < -0.4 is 0 Å². The zero-order chi connectivity index (χ0) is 12.8. The van der Waals surface area contributed by atoms with Crippen LogP contribution in [0, 0.1) is 6.92 Å². The fourth-order valence-corrected chi connectivity index (χ4v) is 3.83. The molecule has 0 radical (unpaired) electrons. The summed E-state index contributed by atoms with van der Waals surface area (Å²) in [6.45, 7) is 4.17. The van der Waals surface area contributed by atoms with Gasteiger partial charge in [0.05, 0.1) is 11.1 Å². The van der Waals surface area contributed by atoms with Gasteiger partial charge in [-0.05, 0) is 37.1 Å². The van der Waals surface area contributed by atoms with Gasteiger partial charge in [-0.15, -0.1) is 0 Å². The number of aromatic nitrogens is 1. The molecule has 3 heteroatoms. The van der Waals surface area contributed by atoms with Gasteiger partial charge in [0.25, 0.3) is 0 Å². The molecule has 94 valence electrons. The number of hydrogen-bond acceptors (Lipinski definition) is 3. The van der Waals surface area contributed by atoms with Crippen LogP contribution >= 0.6 is 11.8 Å². The first-order valence-corrected chi connectivity index (χ1v) is 7.34. The van der Waals surface area contributed by atoms with Gasteiger partial charge in [-0.2, -0.15) is 11.8 Å². The first-order valence-electron chi connectivity index (χ1n) is 6.29. The Kier molecular flexibility index (Phi) is 2.83. The highest BCUT2D eigenvalue weighted by Gasteiger charge is 2.37. The van der Waals surface area contributed by atoms with Crippen LogP contribution in [0.1, 0.15) is 24.6 Å². The fourth-order valence-electron chi connectivity index (χ4n) is 2.59. The van der Waals surface area contributed by atoms with Gasteiger partial charge >= 0.3 is 0 Å². The van der Waals surface area contributed by atoms with Crippen LogP contribution in [0.5, 0.6) is 0 Å². The molecule has 0 aliphatic carbocycles. The summed E-state index contributed by atoms with van der Waals surface area (Å²) in [5, 5.41) is 12.3. The largest absolute Gasteiger partial charge is 0.384 e. The topological polar surface area (TPSA) is 33.1 Å². The van der Waals surface area contributed by atoms with E-state index in [1.165, 1.54) is 0 Å². The van der Waals surface area contributed by atoms with Crippen molar-refractivity contribution >= 4 is 22.7 Å². The van der Waals surface area contributed by atoms with Crippen LogP contribution in [-0.2, 0) is 5.60 Å². The Morgan fingerprint density at radius 3 is 2.89 bits per heavy atom. The van der Waals surface area contributed by atoms with E-state index in [0.717, 1.165) is 34.3 Å². The summed E-state index contributed by atoms with van der Waals surface area (Å²) in [6, 6.07) is 10.2. The van der Waals surface area contributed by atoms with E-state index < -0.39 is 5.60 Å². The van der Waals surface area contributed by atoms with E-state index in [1.54, 1.807) is 0 Å². The third kappa shape index (κ3) is 2.02. The fraction of sp³-hybridized carbons (Fsp3) is 0.400. The smallest absolute Gasteiger partial charge is 0.0997 e. The molecule has 0 amide bonds. The van der Waals surface area contributed by atoms with Crippen LogP contribution in [0.2, 0.25) is 0 Å². The lowest BCUT2D eigenvalue weighted by atomic mass is 9.90. The van der Waals surface area contributed by atoms with E-state index in [1.807, 2.05) is 36.9 Å². The highest BCUT2D eigenvalue weighted by molar-refractivity contribution is 8.00. The van der Waals surface area contributed by atoms with Gasteiger partial charge in [-0.3, -0.25) is 4.98 Å². The van der Waals surface area contributed by atoms with E-state index >= 15 is 0 Å². The minimum Gasteiger partial charge on any atom is -0.384 e. The van der Waals surface area contributed by atoms with Crippen LogP contribution in [-0.4, -0.2) is 21.1 Å². The molecule has 1 aliphatic heterocycles. The van der Waals surface area contributed by atoms with Crippen molar-refractivity contribution in [3.8, 4) is 0 Å². The molecule has 1 saturated heterocycles. The van der Waals surface area contributed by atoms with E-state index in [4.69, 9.17) is 0 Å². The average molecular weight is 259 g/mol. The predicted octanol–water partition coefficient (Wildman–Crippen LogP) is 3.26. The molecule has 1 aromatic heterocycles. The molecule has 2 nitrogen and oxygen atoms in total. The third-order valence-electron chi connectivity index (χ3n) is 3.60. The van der Waals surface area contributed by atoms with Crippen LogP contribution in [0.4, 0.5) is 0 Å². The number of aliphatic hydroxyl groups is 1. The van der Waals surface area contributed by atoms with Crippen molar-refractivity contribution in [3.63, 3.8) is 0 Å². The van der Waals surface area contributed by atoms with Crippen molar-refractivity contribution in [2.75, 3.05) is 5.75 Å². The van der Waals surface area contributed by atoms with Crippen LogP contribution in [0.3, 0.4) is 0 Å². The summed E-state index contributed by atoms with van der Waals surface area (Å²) >= 11 is 1.84. The second-order valence-electron chi connectivity index (χ2n) is 5.22. The monoisotopic (exact) mass is 259 g/mol. The van der Waals surface area contributed by atoms with Gasteiger partial charge in [-0.1, -0.05) is 19.1 Å². The maximum Gasteiger partial charge on any atom is 0.0997 e. The van der Waals surface area contributed by atoms with Crippen molar-refractivity contribution in [3.05, 3.63) is 41.6 Å². The molecule has 0 spiro atoms. The number of thioether (sulfide) groups is 1. The highest BCUT2D eigenvalue weighted by atomic mass is 32.2. The summed E-state index contributed by atoms with van der Waals surface area (Å²) in [5.41, 5.74) is 2.39. The van der Waals surface area contributed by atoms with Crippen molar-refractivity contribution < 1.29 is 5.11 Å². The molecule has 1 aromatic carbocycles. The Morgan fingerprint density at radius 2 is 2.17 bits per heavy atom. The molecule has 0 saturated carbocycles. The summed E-state index contributed by atoms with van der Waals surface area (Å²) in [7, 11) is 0. The van der Waals surface area contributed by atoms with Crippen molar-refractivity contribution in [2.24, 2.45) is 0 Å². The molecular formula is C15H17NOS. The Bertz CT molecular complexity index is 598. The number of aryl methyl sites for hydroxylation is 1. The zero-order valence-electron chi connectivity index (χ0n) is 10.7. The first kappa shape index (κ1) is 12.0. The maximum atomic E-state index is 10.7. The normalized spacial score (nSPS) is 27.8. The summed E-state index contributed by atoms with van der Waals surface area (Å²) in [4.78, 5) is 4.49. The number of benzene rings is 1. The van der Waals surface area contributed by atoms with E-state index in [9.17, 15) is 5.11 Å². The lowest BCUT2D eigenvalue weighted by molar-refractivity contribution is 0.0613. The molecular weight excluding hydrogens is 242 g/mol. The maximum absolute atomic E-state index is 10.7. The van der Waals surface area contributed by atoms with Crippen molar-refractivity contribution in [1.82, 2.24) is 4.98 Å². The molecule has 3 rings (SSSR count). The lowest BCUT2D eigenvalue weighted by Crippen LogP contribution is -2.25. The molecule has 2 atom stereocenters. The number of hydrogen-bond donors (Lipinski definition) is 1. The summed E-state index contributed by atoms with van der Waals surface area (Å²) in [5.74, 6) is 0.791. The predicted molar refractivity (Wildman–Crippen MR) is 76.9 cm³/mol. The van der Waals surface area contributed by atoms with Gasteiger partial charge < -0.3 is 5.11 Å². The molecule has 1 fully saturated rings. The molecule has 2 unspecified atom stereocenters. The van der Waals surface area contributed by atoms with Crippen LogP contribution in [0.15, 0.2) is 30.3 Å². The number of fused-ring (bicyclic) bond motifs is 1. The molecule has 2 aromatic rings. The number of nitrogens with zero attached hydrogens (tertiary/aromatic N) is 1. The second kappa shape index (κ2) is 4.25. The number of pyridine rings is 1. The summed E-state index contributed by atoms with van der Waals surface area (Å²) in [6.07, 6.45) is 0.836. The Morgan fingerprint density at radius 1 is 1.33 bits per heavy atom. The third-order valence-corrected chi connectivity index (χ3v) is 4.98. The van der Waals surface area contributed by atoms with E-state index in [-0.39, 0.29) is 0 Å². The Labute approximate surface area is 111 Å². The minimum absolute atomic E-state index is 0.529. The average Bonchev–Trinajstić information content (AvgIpc) is 2.70. The number of rotatable bonds is 1. The van der Waals surface area contributed by atoms with E-state index in [2.05, 4.69) is 24.0 Å².